The van der Waals surface area contributed by atoms with Crippen LogP contribution in [0.3, 0.4) is 0 Å². The Balaban J connectivity index is 2.31. The van der Waals surface area contributed by atoms with E-state index < -0.39 is 16.7 Å². The zero-order valence-corrected chi connectivity index (χ0v) is 11.7. The van der Waals surface area contributed by atoms with Crippen molar-refractivity contribution in [3.8, 4) is 0 Å². The number of nitro groups is 1. The first-order chi connectivity index (χ1) is 10.4. The first-order valence-electron chi connectivity index (χ1n) is 6.35. The second-order valence-corrected chi connectivity index (χ2v) is 4.67. The molecule has 112 valence electrons. The summed E-state index contributed by atoms with van der Waals surface area (Å²) in [5, 5.41) is 13.3. The molecule has 2 amide bonds. The maximum atomic E-state index is 12.2. The van der Waals surface area contributed by atoms with Crippen LogP contribution in [0.15, 0.2) is 42.5 Å². The van der Waals surface area contributed by atoms with Gasteiger partial charge in [-0.25, -0.2) is 0 Å². The fraction of sp³-hybridized carbons (Fsp3) is 0.0667. The molecule has 0 radical (unpaired) electrons. The molecular formula is C15H13N3O4. The van der Waals surface area contributed by atoms with Crippen LogP contribution in [0.4, 0.5) is 11.4 Å². The highest BCUT2D eigenvalue weighted by atomic mass is 16.6. The molecular weight excluding hydrogens is 286 g/mol. The van der Waals surface area contributed by atoms with Crippen LogP contribution < -0.4 is 11.1 Å². The summed E-state index contributed by atoms with van der Waals surface area (Å²) in [5.41, 5.74) is 6.47. The minimum absolute atomic E-state index is 0.116. The SMILES string of the molecule is Cc1ccc(NC(=O)c2cccc([N+](=O)[O-])c2)c(C(N)=O)c1. The fourth-order valence-corrected chi connectivity index (χ4v) is 1.93. The monoisotopic (exact) mass is 299 g/mol. The summed E-state index contributed by atoms with van der Waals surface area (Å²) in [5.74, 6) is -1.23. The number of nitrogens with zero attached hydrogens (tertiary/aromatic N) is 1. The molecule has 0 fully saturated rings. The number of carbonyl (C=O) groups is 2. The number of non-ortho nitro benzene ring substituents is 1. The van der Waals surface area contributed by atoms with Crippen molar-refractivity contribution in [3.63, 3.8) is 0 Å². The van der Waals surface area contributed by atoms with Gasteiger partial charge >= 0.3 is 0 Å². The van der Waals surface area contributed by atoms with E-state index in [9.17, 15) is 19.7 Å². The number of anilines is 1. The lowest BCUT2D eigenvalue weighted by Gasteiger charge is -2.10. The van der Waals surface area contributed by atoms with Gasteiger partial charge in [0, 0.05) is 17.7 Å². The number of hydrogen-bond donors (Lipinski definition) is 2. The summed E-state index contributed by atoms with van der Waals surface area (Å²) in [4.78, 5) is 33.7. The minimum Gasteiger partial charge on any atom is -0.366 e. The molecule has 0 bridgehead atoms. The molecule has 0 heterocycles. The van der Waals surface area contributed by atoms with E-state index in [4.69, 9.17) is 5.73 Å². The van der Waals surface area contributed by atoms with E-state index in [1.807, 2.05) is 0 Å². The van der Waals surface area contributed by atoms with Gasteiger partial charge < -0.3 is 11.1 Å². The number of hydrogen-bond acceptors (Lipinski definition) is 4. The van der Waals surface area contributed by atoms with Crippen LogP contribution in [0, 0.1) is 17.0 Å². The van der Waals surface area contributed by atoms with Crippen LogP contribution >= 0.6 is 0 Å². The summed E-state index contributed by atoms with van der Waals surface area (Å²) in [6.45, 7) is 1.79. The largest absolute Gasteiger partial charge is 0.366 e. The standard InChI is InChI=1S/C15H13N3O4/c1-9-5-6-13(12(7-9)14(16)19)17-15(20)10-3-2-4-11(8-10)18(21)22/h2-8H,1H3,(H2,16,19)(H,17,20). The molecule has 7 heteroatoms. The highest BCUT2D eigenvalue weighted by Gasteiger charge is 2.15. The molecule has 0 aromatic heterocycles. The molecule has 2 rings (SSSR count). The number of amides is 2. The van der Waals surface area contributed by atoms with E-state index in [2.05, 4.69) is 5.32 Å². The van der Waals surface area contributed by atoms with Crippen molar-refractivity contribution in [3.05, 3.63) is 69.3 Å². The molecule has 22 heavy (non-hydrogen) atoms. The van der Waals surface area contributed by atoms with E-state index in [0.29, 0.717) is 0 Å². The molecule has 2 aromatic carbocycles. The average molecular weight is 299 g/mol. The number of aryl methyl sites for hydroxylation is 1. The van der Waals surface area contributed by atoms with Crippen LogP contribution in [0.5, 0.6) is 0 Å². The van der Waals surface area contributed by atoms with E-state index in [1.54, 1.807) is 25.1 Å². The van der Waals surface area contributed by atoms with Crippen LogP contribution in [0.2, 0.25) is 0 Å². The van der Waals surface area contributed by atoms with Crippen molar-refractivity contribution in [1.82, 2.24) is 0 Å². The average Bonchev–Trinajstić information content (AvgIpc) is 2.48. The molecule has 0 spiro atoms. The normalized spacial score (nSPS) is 10.0. The first kappa shape index (κ1) is 15.2. The number of nitrogens with one attached hydrogen (secondary N) is 1. The Morgan fingerprint density at radius 3 is 2.55 bits per heavy atom. The quantitative estimate of drug-likeness (QED) is 0.665. The summed E-state index contributed by atoms with van der Waals surface area (Å²) < 4.78 is 0. The molecule has 0 saturated heterocycles. The molecule has 0 aliphatic heterocycles. The van der Waals surface area contributed by atoms with Crippen molar-refractivity contribution in [2.24, 2.45) is 5.73 Å². The van der Waals surface area contributed by atoms with Crippen molar-refractivity contribution >= 4 is 23.2 Å². The molecule has 0 saturated carbocycles. The number of benzene rings is 2. The molecule has 0 aliphatic carbocycles. The topological polar surface area (TPSA) is 115 Å². The minimum atomic E-state index is -0.668. The Morgan fingerprint density at radius 2 is 1.91 bits per heavy atom. The van der Waals surface area contributed by atoms with E-state index in [-0.39, 0.29) is 22.5 Å². The lowest BCUT2D eigenvalue weighted by atomic mass is 10.1. The van der Waals surface area contributed by atoms with Gasteiger partial charge in [-0.1, -0.05) is 17.7 Å². The van der Waals surface area contributed by atoms with E-state index in [1.165, 1.54) is 18.2 Å². The summed E-state index contributed by atoms with van der Waals surface area (Å²) in [6, 6.07) is 10.1. The predicted molar refractivity (Wildman–Crippen MR) is 80.7 cm³/mol. The van der Waals surface area contributed by atoms with Gasteiger partial charge in [0.15, 0.2) is 0 Å². The number of rotatable bonds is 4. The van der Waals surface area contributed by atoms with Gasteiger partial charge in [-0.15, -0.1) is 0 Å². The van der Waals surface area contributed by atoms with Crippen LogP contribution in [-0.4, -0.2) is 16.7 Å². The van der Waals surface area contributed by atoms with Gasteiger partial charge in [-0.3, -0.25) is 19.7 Å². The number of nitro benzene ring substituents is 1. The molecule has 0 atom stereocenters. The zero-order chi connectivity index (χ0) is 16.3. The van der Waals surface area contributed by atoms with Gasteiger partial charge in [0.25, 0.3) is 17.5 Å². The smallest absolute Gasteiger partial charge is 0.270 e. The number of primary amides is 1. The Hall–Kier alpha value is -3.22. The molecule has 0 aliphatic rings. The zero-order valence-electron chi connectivity index (χ0n) is 11.7. The van der Waals surface area contributed by atoms with Crippen LogP contribution in [0.1, 0.15) is 26.3 Å². The maximum absolute atomic E-state index is 12.2. The second-order valence-electron chi connectivity index (χ2n) is 4.67. The third kappa shape index (κ3) is 3.26. The lowest BCUT2D eigenvalue weighted by molar-refractivity contribution is -0.384. The Morgan fingerprint density at radius 1 is 1.18 bits per heavy atom. The van der Waals surface area contributed by atoms with Crippen LogP contribution in [-0.2, 0) is 0 Å². The van der Waals surface area contributed by atoms with Crippen molar-refractivity contribution in [1.29, 1.82) is 0 Å². The van der Waals surface area contributed by atoms with E-state index >= 15 is 0 Å². The van der Waals surface area contributed by atoms with Gasteiger partial charge in [-0.2, -0.15) is 0 Å². The third-order valence-corrected chi connectivity index (χ3v) is 3.01. The molecule has 7 nitrogen and oxygen atoms in total. The Labute approximate surface area is 125 Å². The fourth-order valence-electron chi connectivity index (χ4n) is 1.93. The number of carbonyl (C=O) groups excluding carboxylic acids is 2. The lowest BCUT2D eigenvalue weighted by Crippen LogP contribution is -2.18. The van der Waals surface area contributed by atoms with Crippen molar-refractivity contribution in [2.45, 2.75) is 6.92 Å². The summed E-state index contributed by atoms with van der Waals surface area (Å²) in [7, 11) is 0. The highest BCUT2D eigenvalue weighted by Crippen LogP contribution is 2.19. The van der Waals surface area contributed by atoms with Gasteiger partial charge in [0.2, 0.25) is 0 Å². The van der Waals surface area contributed by atoms with Crippen molar-refractivity contribution < 1.29 is 14.5 Å². The Kier molecular flexibility index (Phi) is 4.17. The predicted octanol–water partition coefficient (Wildman–Crippen LogP) is 2.25. The van der Waals surface area contributed by atoms with Gasteiger partial charge in [0.1, 0.15) is 0 Å². The third-order valence-electron chi connectivity index (χ3n) is 3.01. The van der Waals surface area contributed by atoms with Crippen molar-refractivity contribution in [2.75, 3.05) is 5.32 Å². The molecule has 0 unspecified atom stereocenters. The maximum Gasteiger partial charge on any atom is 0.270 e. The molecule has 2 aromatic rings. The second kappa shape index (κ2) is 6.04. The summed E-state index contributed by atoms with van der Waals surface area (Å²) in [6.07, 6.45) is 0. The highest BCUT2D eigenvalue weighted by molar-refractivity contribution is 6.09. The first-order valence-corrected chi connectivity index (χ1v) is 6.35. The number of nitrogens with two attached hydrogens (primary N) is 1. The van der Waals surface area contributed by atoms with E-state index in [0.717, 1.165) is 11.6 Å². The Bertz CT molecular complexity index is 771. The van der Waals surface area contributed by atoms with Gasteiger partial charge in [-0.05, 0) is 25.1 Å². The summed E-state index contributed by atoms with van der Waals surface area (Å²) >= 11 is 0. The van der Waals surface area contributed by atoms with Gasteiger partial charge in [0.05, 0.1) is 16.2 Å². The molecule has 3 N–H and O–H groups in total. The van der Waals surface area contributed by atoms with Crippen LogP contribution in [0.25, 0.3) is 0 Å².